The second kappa shape index (κ2) is 8.01. The smallest absolute Gasteiger partial charge is 0.271 e. The van der Waals surface area contributed by atoms with Gasteiger partial charge in [-0.15, -0.1) is 0 Å². The van der Waals surface area contributed by atoms with Crippen molar-refractivity contribution in [3.05, 3.63) is 70.7 Å². The molecule has 7 heteroatoms. The highest BCUT2D eigenvalue weighted by Gasteiger charge is 2.34. The fourth-order valence-corrected chi connectivity index (χ4v) is 3.06. The molecule has 3 amide bonds. The highest BCUT2D eigenvalue weighted by atomic mass is 35.5. The van der Waals surface area contributed by atoms with E-state index in [9.17, 15) is 14.4 Å². The Bertz CT molecular complexity index is 826. The van der Waals surface area contributed by atoms with Gasteiger partial charge < -0.3 is 4.90 Å². The Balaban J connectivity index is 1.53. The molecular weight excluding hydrogens is 354 g/mol. The second-order valence-electron chi connectivity index (χ2n) is 6.08. The van der Waals surface area contributed by atoms with Crippen LogP contribution in [0.15, 0.2) is 54.6 Å². The maximum absolute atomic E-state index is 12.3. The number of rotatable bonds is 4. The average Bonchev–Trinajstić information content (AvgIpc) is 3.01. The fourth-order valence-electron chi connectivity index (χ4n) is 2.84. The molecule has 2 aromatic carbocycles. The van der Waals surface area contributed by atoms with E-state index in [-0.39, 0.29) is 17.9 Å². The minimum Gasteiger partial charge on any atom is -0.338 e. The van der Waals surface area contributed by atoms with Gasteiger partial charge in [-0.05, 0) is 17.7 Å². The normalized spacial score (nSPS) is 16.4. The van der Waals surface area contributed by atoms with Crippen LogP contribution >= 0.6 is 11.6 Å². The third-order valence-electron chi connectivity index (χ3n) is 4.22. The number of halogens is 1. The molecule has 1 atom stereocenters. The molecule has 2 aromatic rings. The van der Waals surface area contributed by atoms with E-state index < -0.39 is 17.7 Å². The third kappa shape index (κ3) is 4.21. The van der Waals surface area contributed by atoms with E-state index in [1.165, 1.54) is 0 Å². The number of nitrogens with zero attached hydrogens (tertiary/aromatic N) is 1. The van der Waals surface area contributed by atoms with Crippen molar-refractivity contribution in [2.24, 2.45) is 5.92 Å². The van der Waals surface area contributed by atoms with E-state index >= 15 is 0 Å². The summed E-state index contributed by atoms with van der Waals surface area (Å²) in [6.45, 7) is 0.789. The molecule has 0 unspecified atom stereocenters. The van der Waals surface area contributed by atoms with Gasteiger partial charge >= 0.3 is 0 Å². The summed E-state index contributed by atoms with van der Waals surface area (Å²) in [7, 11) is 0. The van der Waals surface area contributed by atoms with Crippen LogP contribution in [0.5, 0.6) is 0 Å². The van der Waals surface area contributed by atoms with Crippen molar-refractivity contribution >= 4 is 29.3 Å². The fraction of sp³-hybridized carbons (Fsp3) is 0.211. The van der Waals surface area contributed by atoms with E-state index in [1.807, 2.05) is 30.3 Å². The number of hydrazine groups is 1. The molecule has 0 bridgehead atoms. The number of amides is 3. The van der Waals surface area contributed by atoms with Crippen LogP contribution in [-0.2, 0) is 16.1 Å². The minimum absolute atomic E-state index is 0.0774. The summed E-state index contributed by atoms with van der Waals surface area (Å²) in [6.07, 6.45) is 0.126. The first-order valence-corrected chi connectivity index (χ1v) is 8.59. The van der Waals surface area contributed by atoms with Crippen LogP contribution in [0, 0.1) is 5.92 Å². The zero-order valence-electron chi connectivity index (χ0n) is 13.9. The maximum Gasteiger partial charge on any atom is 0.271 e. The van der Waals surface area contributed by atoms with Crippen molar-refractivity contribution in [2.75, 3.05) is 6.54 Å². The Labute approximate surface area is 156 Å². The molecular formula is C19H18ClN3O3. The average molecular weight is 372 g/mol. The highest BCUT2D eigenvalue weighted by Crippen LogP contribution is 2.20. The molecule has 0 aliphatic carbocycles. The zero-order valence-corrected chi connectivity index (χ0v) is 14.7. The molecule has 134 valence electrons. The standard InChI is InChI=1S/C19H18ClN3O3/c20-16-9-5-4-8-15(16)19(26)22-21-18(25)14-10-17(24)23(12-14)11-13-6-2-1-3-7-13/h1-9,14H,10-12H2,(H,21,25)(H,22,26)/t14-/m0/s1. The number of hydrogen-bond acceptors (Lipinski definition) is 3. The van der Waals surface area contributed by atoms with E-state index in [4.69, 9.17) is 11.6 Å². The van der Waals surface area contributed by atoms with Gasteiger partial charge in [0, 0.05) is 19.5 Å². The third-order valence-corrected chi connectivity index (χ3v) is 4.55. The van der Waals surface area contributed by atoms with Crippen molar-refractivity contribution in [3.8, 4) is 0 Å². The SMILES string of the molecule is O=C(NNC(=O)[C@H]1CC(=O)N(Cc2ccccc2)C1)c1ccccc1Cl. The molecule has 2 N–H and O–H groups in total. The molecule has 0 aromatic heterocycles. The lowest BCUT2D eigenvalue weighted by atomic mass is 10.1. The quantitative estimate of drug-likeness (QED) is 0.808. The van der Waals surface area contributed by atoms with Gasteiger partial charge in [-0.1, -0.05) is 54.1 Å². The topological polar surface area (TPSA) is 78.5 Å². The van der Waals surface area contributed by atoms with Crippen LogP contribution in [-0.4, -0.2) is 29.2 Å². The summed E-state index contributed by atoms with van der Waals surface area (Å²) in [4.78, 5) is 38.1. The highest BCUT2D eigenvalue weighted by molar-refractivity contribution is 6.33. The van der Waals surface area contributed by atoms with Crippen LogP contribution in [0.3, 0.4) is 0 Å². The van der Waals surface area contributed by atoms with Crippen LogP contribution in [0.4, 0.5) is 0 Å². The number of likely N-dealkylation sites (tertiary alicyclic amines) is 1. The van der Waals surface area contributed by atoms with Gasteiger partial charge in [0.15, 0.2) is 0 Å². The van der Waals surface area contributed by atoms with Gasteiger partial charge in [0.05, 0.1) is 16.5 Å². The maximum atomic E-state index is 12.3. The van der Waals surface area contributed by atoms with Gasteiger partial charge in [0.25, 0.3) is 5.91 Å². The Morgan fingerprint density at radius 3 is 2.46 bits per heavy atom. The van der Waals surface area contributed by atoms with Gasteiger partial charge in [0.1, 0.15) is 0 Å². The number of carbonyl (C=O) groups excluding carboxylic acids is 3. The predicted octanol–water partition coefficient (Wildman–Crippen LogP) is 2.15. The predicted molar refractivity (Wildman–Crippen MR) is 97.0 cm³/mol. The van der Waals surface area contributed by atoms with Crippen molar-refractivity contribution < 1.29 is 14.4 Å². The van der Waals surface area contributed by atoms with Crippen molar-refractivity contribution in [3.63, 3.8) is 0 Å². The molecule has 1 aliphatic rings. The first-order chi connectivity index (χ1) is 12.5. The summed E-state index contributed by atoms with van der Waals surface area (Å²) in [5.74, 6) is -1.48. The number of nitrogens with one attached hydrogen (secondary N) is 2. The van der Waals surface area contributed by atoms with Crippen molar-refractivity contribution in [1.82, 2.24) is 15.8 Å². The van der Waals surface area contributed by atoms with Crippen LogP contribution in [0.2, 0.25) is 5.02 Å². The zero-order chi connectivity index (χ0) is 18.5. The molecule has 0 spiro atoms. The monoisotopic (exact) mass is 371 g/mol. The molecule has 0 saturated carbocycles. The van der Waals surface area contributed by atoms with Crippen LogP contribution in [0.25, 0.3) is 0 Å². The van der Waals surface area contributed by atoms with E-state index in [1.54, 1.807) is 29.2 Å². The number of hydrogen-bond donors (Lipinski definition) is 2. The summed E-state index contributed by atoms with van der Waals surface area (Å²) >= 11 is 5.95. The summed E-state index contributed by atoms with van der Waals surface area (Å²) in [5.41, 5.74) is 6.00. The van der Waals surface area contributed by atoms with Gasteiger partial charge in [-0.3, -0.25) is 25.2 Å². The number of carbonyl (C=O) groups is 3. The Morgan fingerprint density at radius 2 is 1.73 bits per heavy atom. The lowest BCUT2D eigenvalue weighted by Crippen LogP contribution is -2.45. The largest absolute Gasteiger partial charge is 0.338 e. The Morgan fingerprint density at radius 1 is 1.04 bits per heavy atom. The summed E-state index contributed by atoms with van der Waals surface area (Å²) in [5, 5.41) is 0.296. The Hall–Kier alpha value is -2.86. The molecule has 26 heavy (non-hydrogen) atoms. The first-order valence-electron chi connectivity index (χ1n) is 8.21. The van der Waals surface area contributed by atoms with Crippen LogP contribution in [0.1, 0.15) is 22.3 Å². The lowest BCUT2D eigenvalue weighted by molar-refractivity contribution is -0.129. The molecule has 6 nitrogen and oxygen atoms in total. The molecule has 0 radical (unpaired) electrons. The van der Waals surface area contributed by atoms with Crippen molar-refractivity contribution in [2.45, 2.75) is 13.0 Å². The van der Waals surface area contributed by atoms with Gasteiger partial charge in [0.2, 0.25) is 11.8 Å². The molecule has 1 saturated heterocycles. The summed E-state index contributed by atoms with van der Waals surface area (Å²) in [6, 6.07) is 16.1. The Kier molecular flexibility index (Phi) is 5.53. The molecule has 1 aliphatic heterocycles. The lowest BCUT2D eigenvalue weighted by Gasteiger charge is -2.16. The van der Waals surface area contributed by atoms with E-state index in [0.29, 0.717) is 18.1 Å². The van der Waals surface area contributed by atoms with E-state index in [0.717, 1.165) is 5.56 Å². The second-order valence-corrected chi connectivity index (χ2v) is 6.49. The van der Waals surface area contributed by atoms with E-state index in [2.05, 4.69) is 10.9 Å². The van der Waals surface area contributed by atoms with Gasteiger partial charge in [-0.25, -0.2) is 0 Å². The molecule has 1 fully saturated rings. The molecule has 1 heterocycles. The number of benzene rings is 2. The van der Waals surface area contributed by atoms with Crippen LogP contribution < -0.4 is 10.9 Å². The first kappa shape index (κ1) is 17.9. The van der Waals surface area contributed by atoms with Crippen molar-refractivity contribution in [1.29, 1.82) is 0 Å². The minimum atomic E-state index is -0.505. The van der Waals surface area contributed by atoms with Gasteiger partial charge in [-0.2, -0.15) is 0 Å². The molecule has 3 rings (SSSR count). The summed E-state index contributed by atoms with van der Waals surface area (Å²) < 4.78 is 0.